The summed E-state index contributed by atoms with van der Waals surface area (Å²) in [6.45, 7) is 12.8. The highest BCUT2D eigenvalue weighted by atomic mass is 16.7. The van der Waals surface area contributed by atoms with Crippen LogP contribution in [0.25, 0.3) is 86.2 Å². The number of fused-ring (bicyclic) bond motifs is 9. The molecule has 0 radical (unpaired) electrons. The van der Waals surface area contributed by atoms with Gasteiger partial charge in [0, 0.05) is 6.42 Å². The number of allylic oxidation sites excluding steroid dienone is 1. The van der Waals surface area contributed by atoms with Gasteiger partial charge in [0.05, 0.1) is 6.61 Å². The normalized spacial score (nSPS) is 25.2. The highest BCUT2D eigenvalue weighted by Crippen LogP contribution is 2.67. The number of aliphatic hydroxyl groups excluding tert-OH is 1. The van der Waals surface area contributed by atoms with Gasteiger partial charge in [0.2, 0.25) is 0 Å². The van der Waals surface area contributed by atoms with Gasteiger partial charge in [0.15, 0.2) is 0 Å². The Morgan fingerprint density at radius 1 is 0.581 bits per heavy atom. The minimum Gasteiger partial charge on any atom is -0.431 e. The molecule has 1 unspecified atom stereocenters. The van der Waals surface area contributed by atoms with E-state index in [1.54, 1.807) is 5.57 Å². The molecule has 0 heterocycles. The van der Waals surface area contributed by atoms with E-state index in [-0.39, 0.29) is 24.7 Å². The molecule has 4 aliphatic carbocycles. The van der Waals surface area contributed by atoms with Crippen LogP contribution in [-0.4, -0.2) is 17.4 Å². The number of ether oxygens (including phenoxy) is 2. The lowest BCUT2D eigenvalue weighted by Gasteiger charge is -2.58. The average molecular weight is 977 g/mol. The first kappa shape index (κ1) is 47.5. The van der Waals surface area contributed by atoms with E-state index in [2.05, 4.69) is 168 Å². The van der Waals surface area contributed by atoms with Crippen molar-refractivity contribution in [3.63, 3.8) is 0 Å². The number of aliphatic hydroxyl groups is 1. The third-order valence-corrected chi connectivity index (χ3v) is 20.3. The SMILES string of the molecule is CC(C)CCC[C@H](C)[C@H]1CC[C@H]2[C@@H]3CC=C4CC(OC(=O)OCc5ccc6c7cccc8cccc(c9cccc5c96)c87)CC[C@]4(C)[C@H]3CC[C@]12C.OCc1ccc2c3cccc4cccc(c5cccc1c52)c43. The summed E-state index contributed by atoms with van der Waals surface area (Å²) in [5.74, 6) is 4.99. The number of carbonyl (C=O) groups is 1. The van der Waals surface area contributed by atoms with Gasteiger partial charge in [-0.2, -0.15) is 0 Å². The van der Waals surface area contributed by atoms with Gasteiger partial charge in [-0.05, 0) is 189 Å². The summed E-state index contributed by atoms with van der Waals surface area (Å²) in [5, 5.41) is 29.8. The van der Waals surface area contributed by atoms with E-state index in [0.717, 1.165) is 76.7 Å². The van der Waals surface area contributed by atoms with Gasteiger partial charge in [0.1, 0.15) is 12.7 Å². The van der Waals surface area contributed by atoms with Crippen LogP contribution in [0.1, 0.15) is 116 Å². The zero-order valence-corrected chi connectivity index (χ0v) is 44.2. The summed E-state index contributed by atoms with van der Waals surface area (Å²) < 4.78 is 12.0. The number of hydrogen-bond acceptors (Lipinski definition) is 4. The van der Waals surface area contributed by atoms with Crippen molar-refractivity contribution in [2.75, 3.05) is 0 Å². The minimum absolute atomic E-state index is 0.0755. The Kier molecular flexibility index (Phi) is 11.9. The van der Waals surface area contributed by atoms with Gasteiger partial charge >= 0.3 is 6.16 Å². The molecule has 376 valence electrons. The molecule has 4 heteroatoms. The highest BCUT2D eigenvalue weighted by molar-refractivity contribution is 6.34. The standard InChI is InChI=1S/C49H58O3.C21H14O/c1-30(2)10-6-11-31(3)42-22-23-43-41-21-19-34-28-35(24-26-48(34,4)44(41)25-27-49(42,43)5)52-47(50)51-29-33-18-20-40-38-16-8-13-32-12-7-15-37(45(32)38)39-17-9-14-36(33)46(39)40;22-12-14-10-11-19-17-8-2-5-13-4-1-7-16(20(13)17)18-9-3-6-15(14)21(18)19/h7-9,12-20,30-31,35,41-44H,6,10-11,21-29H2,1-5H3;1-11,22H,12H2/t31-,35?,41-,42+,43-,44-,48-,49+;/m0./s1. The molecular formula is C70H72O4. The van der Waals surface area contributed by atoms with E-state index >= 15 is 0 Å². The average Bonchev–Trinajstić information content (AvgIpc) is 3.80. The van der Waals surface area contributed by atoms with Gasteiger partial charge in [-0.15, -0.1) is 0 Å². The number of carbonyl (C=O) groups excluding carboxylic acids is 1. The summed E-state index contributed by atoms with van der Waals surface area (Å²) in [6, 6.07) is 47.6. The molecule has 4 nitrogen and oxygen atoms in total. The molecule has 0 spiro atoms. The molecule has 0 bridgehead atoms. The molecule has 10 aromatic carbocycles. The van der Waals surface area contributed by atoms with Crippen molar-refractivity contribution in [3.05, 3.63) is 156 Å². The summed E-state index contributed by atoms with van der Waals surface area (Å²) in [7, 11) is 0. The zero-order valence-electron chi connectivity index (χ0n) is 44.2. The largest absolute Gasteiger partial charge is 0.508 e. The maximum Gasteiger partial charge on any atom is 0.508 e. The predicted octanol–water partition coefficient (Wildman–Crippen LogP) is 19.0. The summed E-state index contributed by atoms with van der Waals surface area (Å²) in [6.07, 6.45) is 15.9. The fraction of sp³-hybridized carbons (Fsp3) is 0.386. The Morgan fingerprint density at radius 2 is 1.11 bits per heavy atom. The van der Waals surface area contributed by atoms with Crippen LogP contribution in [0.4, 0.5) is 4.79 Å². The number of rotatable bonds is 9. The first-order chi connectivity index (χ1) is 36.0. The zero-order chi connectivity index (χ0) is 50.5. The lowest BCUT2D eigenvalue weighted by atomic mass is 9.47. The molecule has 3 fully saturated rings. The third kappa shape index (κ3) is 7.58. The first-order valence-corrected chi connectivity index (χ1v) is 28.3. The van der Waals surface area contributed by atoms with Gasteiger partial charge in [-0.25, -0.2) is 4.79 Å². The van der Waals surface area contributed by atoms with E-state index in [9.17, 15) is 9.90 Å². The molecule has 74 heavy (non-hydrogen) atoms. The Morgan fingerprint density at radius 3 is 1.69 bits per heavy atom. The molecule has 0 amide bonds. The fourth-order valence-electron chi connectivity index (χ4n) is 16.7. The van der Waals surface area contributed by atoms with Gasteiger partial charge in [-0.3, -0.25) is 0 Å². The highest BCUT2D eigenvalue weighted by Gasteiger charge is 2.59. The van der Waals surface area contributed by atoms with Gasteiger partial charge < -0.3 is 14.6 Å². The van der Waals surface area contributed by atoms with Crippen molar-refractivity contribution in [1.82, 2.24) is 0 Å². The fourth-order valence-corrected chi connectivity index (χ4v) is 16.7. The summed E-state index contributed by atoms with van der Waals surface area (Å²) >= 11 is 0. The van der Waals surface area contributed by atoms with Crippen molar-refractivity contribution >= 4 is 92.3 Å². The van der Waals surface area contributed by atoms with E-state index in [1.165, 1.54) is 127 Å². The van der Waals surface area contributed by atoms with Crippen LogP contribution in [0.5, 0.6) is 0 Å². The quantitative estimate of drug-likeness (QED) is 0.0678. The second kappa shape index (κ2) is 18.6. The molecular weight excluding hydrogens is 905 g/mol. The molecule has 10 aromatic rings. The van der Waals surface area contributed by atoms with Crippen LogP contribution in [0.15, 0.2) is 145 Å². The molecule has 0 aromatic heterocycles. The minimum atomic E-state index is -0.536. The first-order valence-electron chi connectivity index (χ1n) is 28.3. The second-order valence-corrected chi connectivity index (χ2v) is 24.4. The van der Waals surface area contributed by atoms with Crippen LogP contribution >= 0.6 is 0 Å². The van der Waals surface area contributed by atoms with E-state index in [4.69, 9.17) is 9.47 Å². The maximum absolute atomic E-state index is 13.3. The van der Waals surface area contributed by atoms with Crippen molar-refractivity contribution in [3.8, 4) is 0 Å². The van der Waals surface area contributed by atoms with Crippen LogP contribution in [0.2, 0.25) is 0 Å². The number of benzene rings is 10. The smallest absolute Gasteiger partial charge is 0.431 e. The topological polar surface area (TPSA) is 55.8 Å². The predicted molar refractivity (Wildman–Crippen MR) is 309 cm³/mol. The van der Waals surface area contributed by atoms with Crippen LogP contribution in [0.3, 0.4) is 0 Å². The van der Waals surface area contributed by atoms with Crippen molar-refractivity contribution in [2.45, 2.75) is 125 Å². The van der Waals surface area contributed by atoms with Crippen LogP contribution in [0, 0.1) is 46.3 Å². The van der Waals surface area contributed by atoms with Gasteiger partial charge in [-0.1, -0.05) is 199 Å². The van der Waals surface area contributed by atoms with Crippen LogP contribution < -0.4 is 0 Å². The Bertz CT molecular complexity index is 3690. The maximum atomic E-state index is 13.3. The van der Waals surface area contributed by atoms with Crippen LogP contribution in [-0.2, 0) is 22.7 Å². The lowest BCUT2D eigenvalue weighted by Crippen LogP contribution is -2.51. The van der Waals surface area contributed by atoms with Gasteiger partial charge in [0.25, 0.3) is 0 Å². The Labute approximate surface area is 436 Å². The molecule has 14 rings (SSSR count). The number of hydrogen-bond donors (Lipinski definition) is 1. The van der Waals surface area contributed by atoms with Crippen molar-refractivity contribution < 1.29 is 19.4 Å². The molecule has 4 aliphatic rings. The van der Waals surface area contributed by atoms with Crippen molar-refractivity contribution in [1.29, 1.82) is 0 Å². The van der Waals surface area contributed by atoms with E-state index in [0.29, 0.717) is 5.41 Å². The molecule has 1 N–H and O–H groups in total. The molecule has 0 saturated heterocycles. The Hall–Kier alpha value is -6.23. The third-order valence-electron chi connectivity index (χ3n) is 20.3. The molecule has 0 aliphatic heterocycles. The Balaban J connectivity index is 0.000000198. The molecule has 3 saturated carbocycles. The molecule has 8 atom stereocenters. The van der Waals surface area contributed by atoms with Crippen molar-refractivity contribution in [2.24, 2.45) is 46.3 Å². The van der Waals surface area contributed by atoms with E-state index < -0.39 is 6.16 Å². The van der Waals surface area contributed by atoms with E-state index in [1.807, 2.05) is 6.07 Å². The monoisotopic (exact) mass is 977 g/mol. The summed E-state index contributed by atoms with van der Waals surface area (Å²) in [4.78, 5) is 13.3. The lowest BCUT2D eigenvalue weighted by molar-refractivity contribution is -0.0620. The summed E-state index contributed by atoms with van der Waals surface area (Å²) in [5.41, 5.74) is 4.31. The second-order valence-electron chi connectivity index (χ2n) is 24.4.